The number of hydrogen-bond acceptors (Lipinski definition) is 4. The van der Waals surface area contributed by atoms with E-state index in [-0.39, 0.29) is 16.3 Å². The molecule has 0 N–H and O–H groups in total. The van der Waals surface area contributed by atoms with Crippen molar-refractivity contribution in [1.29, 1.82) is 0 Å². The van der Waals surface area contributed by atoms with Gasteiger partial charge in [0.15, 0.2) is 0 Å². The smallest absolute Gasteiger partial charge is 0.206 e. The maximum absolute atomic E-state index is 13.3. The predicted molar refractivity (Wildman–Crippen MR) is 118 cm³/mol. The van der Waals surface area contributed by atoms with Gasteiger partial charge in [-0.05, 0) is 56.5 Å². The molecule has 3 aromatic rings. The lowest BCUT2D eigenvalue weighted by atomic mass is 10.1. The van der Waals surface area contributed by atoms with E-state index in [1.54, 1.807) is 24.3 Å². The van der Waals surface area contributed by atoms with Crippen molar-refractivity contribution in [3.8, 4) is 0 Å². The van der Waals surface area contributed by atoms with Crippen LogP contribution in [0.2, 0.25) is 0 Å². The molecule has 0 heterocycles. The van der Waals surface area contributed by atoms with Gasteiger partial charge in [-0.25, -0.2) is 16.8 Å². The topological polar surface area (TPSA) is 71.5 Å². The molecule has 0 atom stereocenters. The number of rotatable bonds is 8. The fourth-order valence-corrected chi connectivity index (χ4v) is 6.80. The summed E-state index contributed by atoms with van der Waals surface area (Å²) in [6.45, 7) is 3.55. The summed E-state index contributed by atoms with van der Waals surface area (Å²) < 4.78 is 53.9. The number of sulfonamides is 2. The third kappa shape index (κ3) is 4.98. The summed E-state index contributed by atoms with van der Waals surface area (Å²) in [7, 11) is -8.49. The maximum Gasteiger partial charge on any atom is 0.256 e. The molecule has 7 heteroatoms. The monoisotopic (exact) mass is 443 g/mol. The molecule has 0 radical (unpaired) electrons. The van der Waals surface area contributed by atoms with Gasteiger partial charge in [0.25, 0.3) is 20.0 Å². The van der Waals surface area contributed by atoms with Crippen LogP contribution in [0.15, 0.2) is 88.7 Å². The van der Waals surface area contributed by atoms with Gasteiger partial charge in [-0.1, -0.05) is 69.4 Å². The number of hydrogen-bond donors (Lipinski definition) is 0. The van der Waals surface area contributed by atoms with Crippen LogP contribution in [0, 0.1) is 13.8 Å². The third-order valence-corrected chi connectivity index (χ3v) is 9.17. The number of aryl methyl sites for hydroxylation is 3. The summed E-state index contributed by atoms with van der Waals surface area (Å²) >= 11 is 0. The van der Waals surface area contributed by atoms with Crippen LogP contribution in [-0.4, -0.2) is 27.1 Å². The molecule has 0 bridgehead atoms. The van der Waals surface area contributed by atoms with E-state index in [1.165, 1.54) is 24.3 Å². The van der Waals surface area contributed by atoms with Gasteiger partial charge in [0.2, 0.25) is 0 Å². The van der Waals surface area contributed by atoms with Crippen LogP contribution in [0.25, 0.3) is 0 Å². The Bertz CT molecular complexity index is 1110. The molecule has 3 aromatic carbocycles. The quantitative estimate of drug-likeness (QED) is 0.520. The Hall–Kier alpha value is -2.48. The molecule has 158 valence electrons. The van der Waals surface area contributed by atoms with E-state index < -0.39 is 20.0 Å². The van der Waals surface area contributed by atoms with Gasteiger partial charge >= 0.3 is 0 Å². The van der Waals surface area contributed by atoms with Crippen molar-refractivity contribution in [2.24, 2.45) is 0 Å². The zero-order chi connectivity index (χ0) is 21.8. The highest BCUT2D eigenvalue weighted by Gasteiger charge is 2.36. The van der Waals surface area contributed by atoms with Crippen LogP contribution in [0.5, 0.6) is 0 Å². The van der Waals surface area contributed by atoms with E-state index in [4.69, 9.17) is 0 Å². The fraction of sp³-hybridized carbons (Fsp3) is 0.217. The van der Waals surface area contributed by atoms with Crippen molar-refractivity contribution >= 4 is 20.0 Å². The summed E-state index contributed by atoms with van der Waals surface area (Å²) in [5.74, 6) is 0. The lowest BCUT2D eigenvalue weighted by Crippen LogP contribution is -2.37. The Balaban J connectivity index is 1.97. The first-order valence-corrected chi connectivity index (χ1v) is 12.5. The molecule has 0 amide bonds. The minimum Gasteiger partial charge on any atom is -0.206 e. The zero-order valence-corrected chi connectivity index (χ0v) is 18.7. The fourth-order valence-electron chi connectivity index (χ4n) is 3.08. The van der Waals surface area contributed by atoms with Gasteiger partial charge < -0.3 is 0 Å². The van der Waals surface area contributed by atoms with Crippen molar-refractivity contribution in [2.75, 3.05) is 6.54 Å². The lowest BCUT2D eigenvalue weighted by molar-refractivity contribution is 0.490. The standard InChI is InChI=1S/C23H25NO4S2/c1-19-10-14-22(15-11-19)29(25,26)24(18-6-9-21-7-4-3-5-8-21)30(27,28)23-16-12-20(2)13-17-23/h3-5,7-8,10-17H,6,9,18H2,1-2H3. The molecule has 0 aliphatic carbocycles. The average Bonchev–Trinajstić information content (AvgIpc) is 2.72. The van der Waals surface area contributed by atoms with E-state index >= 15 is 0 Å². The average molecular weight is 444 g/mol. The summed E-state index contributed by atoms with van der Waals surface area (Å²) in [5.41, 5.74) is 2.81. The Kier molecular flexibility index (Phi) is 6.75. The molecule has 0 aromatic heterocycles. The van der Waals surface area contributed by atoms with Gasteiger partial charge in [-0.3, -0.25) is 0 Å². The van der Waals surface area contributed by atoms with Crippen molar-refractivity contribution in [3.63, 3.8) is 0 Å². The van der Waals surface area contributed by atoms with Gasteiger partial charge in [0.05, 0.1) is 9.79 Å². The molecular weight excluding hydrogens is 418 g/mol. The summed E-state index contributed by atoms with van der Waals surface area (Å²) in [6, 6.07) is 22.0. The predicted octanol–water partition coefficient (Wildman–Crippen LogP) is 4.32. The summed E-state index contributed by atoms with van der Waals surface area (Å²) in [4.78, 5) is -0.0769. The molecule has 0 saturated heterocycles. The third-order valence-electron chi connectivity index (χ3n) is 4.82. The largest absolute Gasteiger partial charge is 0.256 e. The SMILES string of the molecule is Cc1ccc(S(=O)(=O)N(CCCc2ccccc2)S(=O)(=O)c2ccc(C)cc2)cc1. The molecular formula is C23H25NO4S2. The maximum atomic E-state index is 13.3. The Morgan fingerprint density at radius 1 is 0.633 bits per heavy atom. The van der Waals surface area contributed by atoms with Crippen LogP contribution in [0.3, 0.4) is 0 Å². The van der Waals surface area contributed by atoms with Crippen LogP contribution in [0.4, 0.5) is 0 Å². The molecule has 5 nitrogen and oxygen atoms in total. The van der Waals surface area contributed by atoms with Crippen molar-refractivity contribution in [3.05, 3.63) is 95.6 Å². The first-order chi connectivity index (χ1) is 14.2. The lowest BCUT2D eigenvalue weighted by Gasteiger charge is -2.22. The molecule has 3 rings (SSSR count). The molecule has 30 heavy (non-hydrogen) atoms. The Morgan fingerprint density at radius 2 is 1.07 bits per heavy atom. The normalized spacial score (nSPS) is 12.2. The molecule has 0 aliphatic rings. The van der Waals surface area contributed by atoms with E-state index in [9.17, 15) is 16.8 Å². The first-order valence-electron chi connectivity index (χ1n) is 9.66. The summed E-state index contributed by atoms with van der Waals surface area (Å²) in [5, 5.41) is 0. The Morgan fingerprint density at radius 3 is 1.50 bits per heavy atom. The minimum absolute atomic E-state index is 0.0384. The first kappa shape index (κ1) is 22.2. The molecule has 0 fully saturated rings. The molecule has 0 aliphatic heterocycles. The van der Waals surface area contributed by atoms with E-state index in [2.05, 4.69) is 0 Å². The highest BCUT2D eigenvalue weighted by Crippen LogP contribution is 2.25. The second-order valence-electron chi connectivity index (χ2n) is 7.22. The molecule has 0 saturated carbocycles. The van der Waals surface area contributed by atoms with Gasteiger partial charge in [-0.15, -0.1) is 0 Å². The van der Waals surface area contributed by atoms with Gasteiger partial charge in [0.1, 0.15) is 0 Å². The second-order valence-corrected chi connectivity index (χ2v) is 11.2. The molecule has 0 spiro atoms. The van der Waals surface area contributed by atoms with Crippen LogP contribution in [-0.2, 0) is 26.5 Å². The van der Waals surface area contributed by atoms with E-state index in [1.807, 2.05) is 44.2 Å². The van der Waals surface area contributed by atoms with Crippen molar-refractivity contribution in [1.82, 2.24) is 3.71 Å². The van der Waals surface area contributed by atoms with Gasteiger partial charge in [0, 0.05) is 6.54 Å². The van der Waals surface area contributed by atoms with Crippen LogP contribution >= 0.6 is 0 Å². The number of benzene rings is 3. The highest BCUT2D eigenvalue weighted by molar-refractivity contribution is 8.04. The van der Waals surface area contributed by atoms with Crippen LogP contribution in [0.1, 0.15) is 23.1 Å². The number of nitrogens with zero attached hydrogens (tertiary/aromatic N) is 1. The summed E-state index contributed by atoms with van der Waals surface area (Å²) in [6.07, 6.45) is 0.949. The van der Waals surface area contributed by atoms with Gasteiger partial charge in [-0.2, -0.15) is 0 Å². The van der Waals surface area contributed by atoms with Crippen molar-refractivity contribution < 1.29 is 16.8 Å². The highest BCUT2D eigenvalue weighted by atomic mass is 32.3. The zero-order valence-electron chi connectivity index (χ0n) is 17.0. The second kappa shape index (κ2) is 9.12. The molecule has 0 unspecified atom stereocenters. The van der Waals surface area contributed by atoms with Crippen LogP contribution < -0.4 is 0 Å². The Labute approximate surface area is 179 Å². The minimum atomic E-state index is -4.24. The van der Waals surface area contributed by atoms with Crippen molar-refractivity contribution in [2.45, 2.75) is 36.5 Å². The van der Waals surface area contributed by atoms with E-state index in [0.29, 0.717) is 16.6 Å². The van der Waals surface area contributed by atoms with E-state index in [0.717, 1.165) is 16.7 Å².